The van der Waals surface area contributed by atoms with Gasteiger partial charge in [-0.15, -0.1) is 0 Å². The van der Waals surface area contributed by atoms with E-state index in [0.717, 1.165) is 77.7 Å². The standard InChI is InChI=1S/2C14H24.2C12H18.C11H16.2C11H24/c2*1-14(2,3)13-11-5-9-4-10(7-11)8-12(13)6-9;1-9-6-7-11(10(2)8-9)12(3,4)5;1-9-7-6-8-10(2)11(9)12(3,4)5;1-9-7-5-6-8-10(9)11(2,3)4;2*1-6-8-10(7-2)9-11(3,4)5/h2*9-13H,4-8H2,1-3H3;2*6-8H,1-5H3;5-8H,1-4H3;2*10H,6-9H2,1-5H3/i13D;;6D,7D,8D;;;9D2;. The molecule has 3 aromatic carbocycles. The lowest BCUT2D eigenvalue weighted by Gasteiger charge is -2.58. The van der Waals surface area contributed by atoms with Gasteiger partial charge in [0.2, 0.25) is 0 Å². The van der Waals surface area contributed by atoms with Crippen LogP contribution in [0.3, 0.4) is 0 Å². The normalized spacial score (nSPS) is 27.6. The predicted molar refractivity (Wildman–Crippen MR) is 385 cm³/mol. The highest BCUT2D eigenvalue weighted by atomic mass is 14.6. The summed E-state index contributed by atoms with van der Waals surface area (Å²) < 4.78 is 48.9. The fourth-order valence-electron chi connectivity index (χ4n) is 18.1. The van der Waals surface area contributed by atoms with Crippen LogP contribution in [0.25, 0.3) is 0 Å². The molecule has 0 nitrogen and oxygen atoms in total. The molecule has 488 valence electrons. The highest BCUT2D eigenvalue weighted by molar-refractivity contribution is 5.38. The summed E-state index contributed by atoms with van der Waals surface area (Å²) in [6.45, 7) is 65.8. The Morgan fingerprint density at radius 1 is 0.435 bits per heavy atom. The maximum atomic E-state index is 9.00. The summed E-state index contributed by atoms with van der Waals surface area (Å²) in [4.78, 5) is 0. The number of hydrogen-bond donors (Lipinski definition) is 0. The third-order valence-electron chi connectivity index (χ3n) is 20.1. The maximum absolute atomic E-state index is 9.00. The monoisotopic (exact) mass is 1180 g/mol. The van der Waals surface area contributed by atoms with Crippen molar-refractivity contribution in [2.75, 3.05) is 0 Å². The van der Waals surface area contributed by atoms with Crippen molar-refractivity contribution in [1.29, 1.82) is 0 Å². The largest absolute Gasteiger partial charge is 0.0654 e. The lowest BCUT2D eigenvalue weighted by molar-refractivity contribution is -0.0812. The number of rotatable bonds is 8. The van der Waals surface area contributed by atoms with Crippen LogP contribution in [0.15, 0.2) is 60.6 Å². The van der Waals surface area contributed by atoms with Gasteiger partial charge in [0.15, 0.2) is 0 Å². The van der Waals surface area contributed by atoms with Gasteiger partial charge in [0.1, 0.15) is 0 Å². The van der Waals surface area contributed by atoms with Gasteiger partial charge in [0, 0.05) is 4.11 Å². The minimum atomic E-state index is -1.04. The summed E-state index contributed by atoms with van der Waals surface area (Å²) in [6.07, 6.45) is 22.3. The van der Waals surface area contributed by atoms with Crippen molar-refractivity contribution >= 4 is 0 Å². The van der Waals surface area contributed by atoms with Crippen LogP contribution in [0.5, 0.6) is 0 Å². The van der Waals surface area contributed by atoms with Crippen LogP contribution < -0.4 is 0 Å². The first-order valence-electron chi connectivity index (χ1n) is 38.5. The second-order valence-corrected chi connectivity index (χ2v) is 36.3. The quantitative estimate of drug-likeness (QED) is 0.211. The fourth-order valence-corrected chi connectivity index (χ4v) is 18.1. The minimum Gasteiger partial charge on any atom is -0.0654 e. The predicted octanol–water partition coefficient (Wildman–Crippen LogP) is 27.2. The van der Waals surface area contributed by atoms with Crippen molar-refractivity contribution in [3.63, 3.8) is 0 Å². The zero-order chi connectivity index (χ0) is 70.2. The molecule has 2 unspecified atom stereocenters. The average Bonchev–Trinajstić information content (AvgIpc) is 0.728. The fraction of sp³-hybridized carbons (Fsp3) is 0.788. The first-order chi connectivity index (χ1) is 41.3. The Labute approximate surface area is 542 Å². The second-order valence-electron chi connectivity index (χ2n) is 36.3. The smallest absolute Gasteiger partial charge is 0.0628 e. The van der Waals surface area contributed by atoms with Crippen LogP contribution in [0, 0.1) is 127 Å². The van der Waals surface area contributed by atoms with Gasteiger partial charge in [0.05, 0.1) is 4.11 Å². The van der Waals surface area contributed by atoms with E-state index in [1.165, 1.54) is 85.6 Å². The van der Waals surface area contributed by atoms with Crippen LogP contribution >= 0.6 is 0 Å². The van der Waals surface area contributed by atoms with Crippen molar-refractivity contribution in [2.24, 2.45) is 92.7 Å². The Bertz CT molecular complexity index is 2570. The van der Waals surface area contributed by atoms with Gasteiger partial charge >= 0.3 is 0 Å². The molecule has 0 heterocycles. The van der Waals surface area contributed by atoms with E-state index in [2.05, 4.69) is 195 Å². The van der Waals surface area contributed by atoms with Gasteiger partial charge in [-0.3, -0.25) is 0 Å². The molecule has 8 fully saturated rings. The van der Waals surface area contributed by atoms with Gasteiger partial charge in [-0.2, -0.15) is 0 Å². The topological polar surface area (TPSA) is 0 Å². The van der Waals surface area contributed by atoms with Gasteiger partial charge in [0.25, 0.3) is 0 Å². The Morgan fingerprint density at radius 2 is 0.835 bits per heavy atom. The Hall–Kier alpha value is -2.34. The summed E-state index contributed by atoms with van der Waals surface area (Å²) in [5, 5.41) is 0. The molecule has 0 saturated heterocycles. The molecule has 85 heavy (non-hydrogen) atoms. The highest BCUT2D eigenvalue weighted by Gasteiger charge is 2.52. The van der Waals surface area contributed by atoms with E-state index >= 15 is 0 Å². The van der Waals surface area contributed by atoms with E-state index in [1.54, 1.807) is 39.0 Å². The van der Waals surface area contributed by atoms with Crippen molar-refractivity contribution in [2.45, 2.75) is 339 Å². The van der Waals surface area contributed by atoms with Crippen molar-refractivity contribution in [3.05, 3.63) is 105 Å². The van der Waals surface area contributed by atoms with Crippen LogP contribution in [0.2, 0.25) is 0 Å². The number of hydrogen-bond acceptors (Lipinski definition) is 0. The highest BCUT2D eigenvalue weighted by Crippen LogP contribution is 2.62. The van der Waals surface area contributed by atoms with E-state index in [9.17, 15) is 0 Å². The third kappa shape index (κ3) is 25.8. The van der Waals surface area contributed by atoms with E-state index < -0.39 is 6.37 Å². The van der Waals surface area contributed by atoms with Gasteiger partial charge in [-0.05, 0) is 259 Å². The molecule has 3 aromatic rings. The lowest BCUT2D eigenvalue weighted by Crippen LogP contribution is -2.49. The molecular weight excluding hydrogens is 1020 g/mol. The average molecular weight is 1180 g/mol. The summed E-state index contributed by atoms with van der Waals surface area (Å²) in [5.74, 6) is 10.0. The minimum absolute atomic E-state index is 0.111. The Kier molecular flexibility index (Phi) is 25.7. The van der Waals surface area contributed by atoms with Crippen LogP contribution in [0.4, 0.5) is 0 Å². The lowest BCUT2D eigenvalue weighted by atomic mass is 9.47. The van der Waals surface area contributed by atoms with E-state index in [4.69, 9.17) is 8.22 Å². The number of aryl methyl sites for hydroxylation is 3. The van der Waals surface area contributed by atoms with E-state index in [1.807, 2.05) is 48.5 Å². The van der Waals surface area contributed by atoms with Crippen molar-refractivity contribution in [1.82, 2.24) is 0 Å². The summed E-state index contributed by atoms with van der Waals surface area (Å²) >= 11 is 0. The third-order valence-corrected chi connectivity index (χ3v) is 20.1. The molecule has 0 aromatic heterocycles. The van der Waals surface area contributed by atoms with E-state index in [0.29, 0.717) is 34.3 Å². The molecule has 0 heteroatoms. The van der Waals surface area contributed by atoms with Crippen LogP contribution in [-0.4, -0.2) is 0 Å². The van der Waals surface area contributed by atoms with Crippen LogP contribution in [0.1, 0.15) is 341 Å². The summed E-state index contributed by atoms with van der Waals surface area (Å²) in [5.41, 5.74) is 10.8. The Morgan fingerprint density at radius 3 is 1.15 bits per heavy atom. The molecule has 0 aliphatic heterocycles. The molecule has 0 N–H and O–H groups in total. The molecular formula is C85H148. The molecule has 0 spiro atoms. The summed E-state index contributed by atoms with van der Waals surface area (Å²) in [7, 11) is 0. The van der Waals surface area contributed by atoms with Crippen molar-refractivity contribution < 1.29 is 8.22 Å². The Balaban J connectivity index is 0.000000278. The van der Waals surface area contributed by atoms with Gasteiger partial charge in [-0.1, -0.05) is 278 Å². The molecule has 2 atom stereocenters. The first kappa shape index (κ1) is 67.1. The van der Waals surface area contributed by atoms with Gasteiger partial charge < -0.3 is 0 Å². The number of benzene rings is 3. The zero-order valence-corrected chi connectivity index (χ0v) is 62.4. The summed E-state index contributed by atoms with van der Waals surface area (Å²) in [6, 6.07) is 15.9. The van der Waals surface area contributed by atoms with Crippen molar-refractivity contribution in [3.8, 4) is 0 Å². The van der Waals surface area contributed by atoms with Crippen LogP contribution in [-0.2, 0) is 16.2 Å². The molecule has 8 aliphatic carbocycles. The molecule has 0 amide bonds. The van der Waals surface area contributed by atoms with E-state index in [-0.39, 0.29) is 51.0 Å². The molecule has 8 saturated carbocycles. The zero-order valence-electron chi connectivity index (χ0n) is 68.4. The molecule has 11 rings (SSSR count). The molecule has 0 radical (unpaired) electrons. The SMILES string of the molecule is CC(C)(C)C1C2CC3CC(C2)CC1C3.CCCC(CC)CC(C)(C)C.Cc1cccc(C)c1C(C)(C)C.Cc1ccccc1C(C)(C)C.[2H]C([2H])(C(CC)CCC)C(C)(C)C.[2H]C1(C(C)(C)C)C2CC3CC(C2)CC1C3.[2H]c1c([2H])c(C(C)(C)C)c(C)c([2H])c1C. The second kappa shape index (κ2) is 32.6. The maximum Gasteiger partial charge on any atom is 0.0628 e. The first-order valence-corrected chi connectivity index (χ1v) is 35.5. The molecule has 8 aliphatic rings. The van der Waals surface area contributed by atoms with Gasteiger partial charge in [-0.25, -0.2) is 0 Å². The molecule has 8 bridgehead atoms.